The summed E-state index contributed by atoms with van der Waals surface area (Å²) < 4.78 is 16.3. The van der Waals surface area contributed by atoms with Crippen LogP contribution >= 0.6 is 0 Å². The third-order valence-corrected chi connectivity index (χ3v) is 3.62. The summed E-state index contributed by atoms with van der Waals surface area (Å²) in [6, 6.07) is 11.2. The van der Waals surface area contributed by atoms with Crippen LogP contribution in [0.25, 0.3) is 0 Å². The van der Waals surface area contributed by atoms with E-state index in [-0.39, 0.29) is 12.5 Å². The molecule has 0 saturated carbocycles. The van der Waals surface area contributed by atoms with E-state index < -0.39 is 0 Å². The number of benzene rings is 2. The predicted octanol–water partition coefficient (Wildman–Crippen LogP) is 2.83. The zero-order chi connectivity index (χ0) is 16.9. The number of hydrogen-bond acceptors (Lipinski definition) is 5. The Balaban J connectivity index is 1.61. The number of methoxy groups -OCH3 is 1. The van der Waals surface area contributed by atoms with Crippen LogP contribution in [0.5, 0.6) is 17.2 Å². The molecule has 0 fully saturated rings. The second-order valence-corrected chi connectivity index (χ2v) is 5.46. The van der Waals surface area contributed by atoms with Crippen molar-refractivity contribution < 1.29 is 19.0 Å². The first-order valence-electron chi connectivity index (χ1n) is 7.74. The number of amides is 1. The topological polar surface area (TPSA) is 68.8 Å². The molecule has 1 heterocycles. The number of anilines is 2. The molecule has 126 valence electrons. The number of carbonyl (C=O) groups excluding carboxylic acids is 1. The summed E-state index contributed by atoms with van der Waals surface area (Å²) in [5.41, 5.74) is 2.50. The fourth-order valence-corrected chi connectivity index (χ4v) is 2.45. The summed E-state index contributed by atoms with van der Waals surface area (Å²) in [6.07, 6.45) is 0. The smallest absolute Gasteiger partial charge is 0.243 e. The molecular formula is C18H20N2O4. The van der Waals surface area contributed by atoms with Crippen molar-refractivity contribution in [1.29, 1.82) is 0 Å². The lowest BCUT2D eigenvalue weighted by Crippen LogP contribution is -2.22. The monoisotopic (exact) mass is 328 g/mol. The van der Waals surface area contributed by atoms with E-state index in [9.17, 15) is 4.79 Å². The Kier molecular flexibility index (Phi) is 4.74. The lowest BCUT2D eigenvalue weighted by Gasteiger charge is -2.19. The second kappa shape index (κ2) is 7.12. The minimum atomic E-state index is -0.159. The van der Waals surface area contributed by atoms with Crippen LogP contribution < -0.4 is 24.8 Å². The Hall–Kier alpha value is -2.89. The molecule has 0 spiro atoms. The van der Waals surface area contributed by atoms with Crippen LogP contribution in [0.15, 0.2) is 36.4 Å². The molecule has 6 nitrogen and oxygen atoms in total. The van der Waals surface area contributed by atoms with E-state index in [1.807, 2.05) is 43.3 Å². The lowest BCUT2D eigenvalue weighted by atomic mass is 10.2. The highest BCUT2D eigenvalue weighted by atomic mass is 16.6. The highest BCUT2D eigenvalue weighted by Gasteiger charge is 2.12. The van der Waals surface area contributed by atoms with Gasteiger partial charge in [0.25, 0.3) is 0 Å². The number of hydrogen-bond donors (Lipinski definition) is 2. The van der Waals surface area contributed by atoms with Gasteiger partial charge in [-0.05, 0) is 36.8 Å². The minimum absolute atomic E-state index is 0.136. The van der Waals surface area contributed by atoms with E-state index >= 15 is 0 Å². The van der Waals surface area contributed by atoms with E-state index in [0.29, 0.717) is 30.4 Å². The maximum atomic E-state index is 12.2. The Morgan fingerprint density at radius 3 is 2.71 bits per heavy atom. The molecule has 0 saturated heterocycles. The molecule has 0 bridgehead atoms. The predicted molar refractivity (Wildman–Crippen MR) is 92.3 cm³/mol. The van der Waals surface area contributed by atoms with E-state index in [4.69, 9.17) is 14.2 Å². The van der Waals surface area contributed by atoms with Crippen LogP contribution in [0.4, 0.5) is 11.4 Å². The third kappa shape index (κ3) is 3.71. The SMILES string of the molecule is COc1ccc(C)cc1NC(=O)CNc1ccc2c(c1)OCCO2. The molecule has 0 aliphatic carbocycles. The molecule has 1 amide bonds. The summed E-state index contributed by atoms with van der Waals surface area (Å²) in [6.45, 7) is 3.18. The number of fused-ring (bicyclic) bond motifs is 1. The Labute approximate surface area is 140 Å². The van der Waals surface area contributed by atoms with Gasteiger partial charge >= 0.3 is 0 Å². The molecule has 2 aromatic carbocycles. The van der Waals surface area contributed by atoms with Crippen LogP contribution in [0.2, 0.25) is 0 Å². The summed E-state index contributed by atoms with van der Waals surface area (Å²) in [5, 5.41) is 5.93. The van der Waals surface area contributed by atoms with Gasteiger partial charge in [0.15, 0.2) is 11.5 Å². The fraction of sp³-hybridized carbons (Fsp3) is 0.278. The summed E-state index contributed by atoms with van der Waals surface area (Å²) in [5.74, 6) is 1.88. The van der Waals surface area contributed by atoms with Crippen LogP contribution in [-0.2, 0) is 4.79 Å². The molecule has 3 rings (SSSR count). The zero-order valence-corrected chi connectivity index (χ0v) is 13.7. The van der Waals surface area contributed by atoms with Gasteiger partial charge in [-0.15, -0.1) is 0 Å². The maximum absolute atomic E-state index is 12.2. The first kappa shape index (κ1) is 16.0. The van der Waals surface area contributed by atoms with Crippen LogP contribution in [0.1, 0.15) is 5.56 Å². The molecule has 1 aliphatic rings. The van der Waals surface area contributed by atoms with Crippen molar-refractivity contribution in [2.45, 2.75) is 6.92 Å². The van der Waals surface area contributed by atoms with E-state index in [2.05, 4.69) is 10.6 Å². The summed E-state index contributed by atoms with van der Waals surface area (Å²) in [4.78, 5) is 12.2. The highest BCUT2D eigenvalue weighted by Crippen LogP contribution is 2.32. The molecule has 0 aromatic heterocycles. The Bertz CT molecular complexity index is 746. The average Bonchev–Trinajstić information content (AvgIpc) is 2.60. The molecule has 1 aliphatic heterocycles. The van der Waals surface area contributed by atoms with Crippen molar-refractivity contribution in [2.75, 3.05) is 37.5 Å². The van der Waals surface area contributed by atoms with Gasteiger partial charge in [-0.3, -0.25) is 4.79 Å². The largest absolute Gasteiger partial charge is 0.495 e. The summed E-state index contributed by atoms with van der Waals surface area (Å²) >= 11 is 0. The highest BCUT2D eigenvalue weighted by molar-refractivity contribution is 5.95. The number of carbonyl (C=O) groups is 1. The molecule has 0 radical (unpaired) electrons. The Morgan fingerprint density at radius 1 is 1.12 bits per heavy atom. The zero-order valence-electron chi connectivity index (χ0n) is 13.7. The molecule has 2 aromatic rings. The van der Waals surface area contributed by atoms with Crippen molar-refractivity contribution in [2.24, 2.45) is 0 Å². The van der Waals surface area contributed by atoms with Crippen LogP contribution in [-0.4, -0.2) is 32.8 Å². The van der Waals surface area contributed by atoms with Gasteiger partial charge in [0, 0.05) is 11.8 Å². The quantitative estimate of drug-likeness (QED) is 0.883. The number of aryl methyl sites for hydroxylation is 1. The van der Waals surface area contributed by atoms with Crippen LogP contribution in [0, 0.1) is 6.92 Å². The molecule has 6 heteroatoms. The number of rotatable bonds is 5. The van der Waals surface area contributed by atoms with Crippen LogP contribution in [0.3, 0.4) is 0 Å². The normalized spacial score (nSPS) is 12.4. The van der Waals surface area contributed by atoms with Crippen molar-refractivity contribution >= 4 is 17.3 Å². The molecule has 24 heavy (non-hydrogen) atoms. The lowest BCUT2D eigenvalue weighted by molar-refractivity contribution is -0.114. The Morgan fingerprint density at radius 2 is 1.92 bits per heavy atom. The van der Waals surface area contributed by atoms with Gasteiger partial charge in [0.1, 0.15) is 19.0 Å². The second-order valence-electron chi connectivity index (χ2n) is 5.46. The number of ether oxygens (including phenoxy) is 3. The van der Waals surface area contributed by atoms with Gasteiger partial charge in [-0.2, -0.15) is 0 Å². The van der Waals surface area contributed by atoms with Gasteiger partial charge in [0.05, 0.1) is 19.3 Å². The molecule has 0 unspecified atom stereocenters. The van der Waals surface area contributed by atoms with Crippen molar-refractivity contribution in [3.05, 3.63) is 42.0 Å². The summed E-state index contributed by atoms with van der Waals surface area (Å²) in [7, 11) is 1.58. The molecule has 0 atom stereocenters. The first-order chi connectivity index (χ1) is 11.7. The van der Waals surface area contributed by atoms with Gasteiger partial charge in [-0.1, -0.05) is 6.07 Å². The minimum Gasteiger partial charge on any atom is -0.495 e. The van der Waals surface area contributed by atoms with E-state index in [0.717, 1.165) is 17.0 Å². The van der Waals surface area contributed by atoms with Crippen molar-refractivity contribution in [3.8, 4) is 17.2 Å². The average molecular weight is 328 g/mol. The van der Waals surface area contributed by atoms with Gasteiger partial charge in [0.2, 0.25) is 5.91 Å². The van der Waals surface area contributed by atoms with Gasteiger partial charge in [-0.25, -0.2) is 0 Å². The standard InChI is InChI=1S/C18H20N2O4/c1-12-3-5-15(22-2)14(9-12)20-18(21)11-19-13-4-6-16-17(10-13)24-8-7-23-16/h3-6,9-10,19H,7-8,11H2,1-2H3,(H,20,21). The number of nitrogens with one attached hydrogen (secondary N) is 2. The first-order valence-corrected chi connectivity index (χ1v) is 7.74. The van der Waals surface area contributed by atoms with Crippen molar-refractivity contribution in [1.82, 2.24) is 0 Å². The van der Waals surface area contributed by atoms with Gasteiger partial charge < -0.3 is 24.8 Å². The molecule has 2 N–H and O–H groups in total. The third-order valence-electron chi connectivity index (χ3n) is 3.62. The van der Waals surface area contributed by atoms with E-state index in [1.165, 1.54) is 0 Å². The fourth-order valence-electron chi connectivity index (χ4n) is 2.45. The maximum Gasteiger partial charge on any atom is 0.243 e. The molecular weight excluding hydrogens is 308 g/mol. The van der Waals surface area contributed by atoms with Crippen molar-refractivity contribution in [3.63, 3.8) is 0 Å². The van der Waals surface area contributed by atoms with E-state index in [1.54, 1.807) is 7.11 Å².